The highest BCUT2D eigenvalue weighted by Gasteiger charge is 2.25. The predicted octanol–water partition coefficient (Wildman–Crippen LogP) is 5.54. The molecule has 4 rings (SSSR count). The van der Waals surface area contributed by atoms with Gasteiger partial charge < -0.3 is 9.42 Å². The third-order valence-corrected chi connectivity index (χ3v) is 9.09. The number of piperidine rings is 1. The number of aromatic nitrogens is 2. The number of hydrogen-bond acceptors (Lipinski definition) is 6. The molecule has 2 atom stereocenters. The van der Waals surface area contributed by atoms with Crippen LogP contribution in [-0.4, -0.2) is 45.0 Å². The van der Waals surface area contributed by atoms with Crippen molar-refractivity contribution in [3.8, 4) is 11.4 Å². The SMILES string of the molecule is Cc1ccccc1-c1noc(C[C@H]2CCCN(C(=O)CCCC[C@H]3CCSS3)C2)n1. The Kier molecular flexibility index (Phi) is 7.77. The van der Waals surface area contributed by atoms with Crippen LogP contribution in [0.2, 0.25) is 0 Å². The molecule has 1 aromatic heterocycles. The molecule has 30 heavy (non-hydrogen) atoms. The molecule has 3 heterocycles. The smallest absolute Gasteiger partial charge is 0.227 e. The van der Waals surface area contributed by atoms with Crippen molar-refractivity contribution in [1.29, 1.82) is 0 Å². The molecule has 162 valence electrons. The minimum Gasteiger partial charge on any atom is -0.342 e. The second kappa shape index (κ2) is 10.7. The number of carbonyl (C=O) groups excluding carboxylic acids is 1. The topological polar surface area (TPSA) is 59.2 Å². The highest BCUT2D eigenvalue weighted by Crippen LogP contribution is 2.40. The molecule has 0 saturated carbocycles. The summed E-state index contributed by atoms with van der Waals surface area (Å²) in [6.07, 6.45) is 8.39. The Bertz CT molecular complexity index is 835. The second-order valence-electron chi connectivity index (χ2n) is 8.45. The summed E-state index contributed by atoms with van der Waals surface area (Å²) < 4.78 is 5.53. The normalized spacial score (nSPS) is 21.8. The first kappa shape index (κ1) is 21.8. The van der Waals surface area contributed by atoms with Crippen molar-refractivity contribution in [2.75, 3.05) is 18.8 Å². The summed E-state index contributed by atoms with van der Waals surface area (Å²) in [6.45, 7) is 3.76. The first-order valence-corrected chi connectivity index (χ1v) is 13.5. The monoisotopic (exact) mass is 445 g/mol. The highest BCUT2D eigenvalue weighted by molar-refractivity contribution is 8.77. The Labute approximate surface area is 187 Å². The standard InChI is InChI=1S/C23H31N3O2S2/c1-17-7-2-4-10-20(17)23-24-21(28-25-23)15-18-8-6-13-26(16-18)22(27)11-5-3-9-19-12-14-29-30-19/h2,4,7,10,18-19H,3,5-6,8-9,11-16H2,1H3/t18-,19+/m1/s1. The lowest BCUT2D eigenvalue weighted by Gasteiger charge is -2.32. The van der Waals surface area contributed by atoms with Gasteiger partial charge in [-0.1, -0.05) is 57.4 Å². The van der Waals surface area contributed by atoms with Crippen LogP contribution in [0.15, 0.2) is 28.8 Å². The third kappa shape index (κ3) is 5.82. The molecule has 2 saturated heterocycles. The molecule has 2 aliphatic rings. The molecule has 0 N–H and O–H groups in total. The zero-order valence-electron chi connectivity index (χ0n) is 17.7. The molecule has 5 nitrogen and oxygen atoms in total. The lowest BCUT2D eigenvalue weighted by atomic mass is 9.94. The summed E-state index contributed by atoms with van der Waals surface area (Å²) in [6, 6.07) is 8.09. The number of unbranched alkanes of at least 4 members (excludes halogenated alkanes) is 1. The maximum atomic E-state index is 12.7. The van der Waals surface area contributed by atoms with Gasteiger partial charge in [0.05, 0.1) is 0 Å². The van der Waals surface area contributed by atoms with Gasteiger partial charge in [-0.2, -0.15) is 4.98 Å². The maximum Gasteiger partial charge on any atom is 0.227 e. The fourth-order valence-corrected chi connectivity index (χ4v) is 7.37. The zero-order valence-corrected chi connectivity index (χ0v) is 19.3. The largest absolute Gasteiger partial charge is 0.342 e. The molecular formula is C23H31N3O2S2. The van der Waals surface area contributed by atoms with Crippen LogP contribution < -0.4 is 0 Å². The predicted molar refractivity (Wildman–Crippen MR) is 124 cm³/mol. The van der Waals surface area contributed by atoms with Crippen LogP contribution in [0.5, 0.6) is 0 Å². The molecule has 2 aliphatic heterocycles. The molecule has 1 amide bonds. The Hall–Kier alpha value is -1.47. The molecule has 0 spiro atoms. The van der Waals surface area contributed by atoms with E-state index in [-0.39, 0.29) is 0 Å². The van der Waals surface area contributed by atoms with Crippen LogP contribution in [0.4, 0.5) is 0 Å². The van der Waals surface area contributed by atoms with E-state index in [2.05, 4.69) is 28.0 Å². The van der Waals surface area contributed by atoms with Gasteiger partial charge in [-0.15, -0.1) is 0 Å². The minimum absolute atomic E-state index is 0.319. The summed E-state index contributed by atoms with van der Waals surface area (Å²) in [5.74, 6) is 3.35. The Balaban J connectivity index is 1.24. The molecule has 1 aromatic carbocycles. The van der Waals surface area contributed by atoms with Crippen LogP contribution in [0.25, 0.3) is 11.4 Å². The molecule has 0 aliphatic carbocycles. The van der Waals surface area contributed by atoms with E-state index in [4.69, 9.17) is 4.52 Å². The Morgan fingerprint density at radius 3 is 3.00 bits per heavy atom. The van der Waals surface area contributed by atoms with Gasteiger partial charge in [0.15, 0.2) is 0 Å². The molecule has 2 aromatic rings. The fourth-order valence-electron chi connectivity index (χ4n) is 4.35. The van der Waals surface area contributed by atoms with E-state index in [1.165, 1.54) is 25.0 Å². The van der Waals surface area contributed by atoms with Crippen LogP contribution >= 0.6 is 21.6 Å². The summed E-state index contributed by atoms with van der Waals surface area (Å²) in [5.41, 5.74) is 2.16. The summed E-state index contributed by atoms with van der Waals surface area (Å²) >= 11 is 0. The van der Waals surface area contributed by atoms with Crippen molar-refractivity contribution in [3.05, 3.63) is 35.7 Å². The average Bonchev–Trinajstić information content (AvgIpc) is 3.44. The highest BCUT2D eigenvalue weighted by atomic mass is 33.1. The number of aryl methyl sites for hydroxylation is 1. The number of rotatable bonds is 8. The van der Waals surface area contributed by atoms with Crippen molar-refractivity contribution in [3.63, 3.8) is 0 Å². The zero-order chi connectivity index (χ0) is 20.8. The van der Waals surface area contributed by atoms with Crippen molar-refractivity contribution in [2.24, 2.45) is 5.92 Å². The van der Waals surface area contributed by atoms with E-state index in [0.717, 1.165) is 55.1 Å². The van der Waals surface area contributed by atoms with Crippen molar-refractivity contribution >= 4 is 27.5 Å². The second-order valence-corrected chi connectivity index (χ2v) is 11.2. The van der Waals surface area contributed by atoms with Gasteiger partial charge in [0, 0.05) is 42.5 Å². The minimum atomic E-state index is 0.319. The van der Waals surface area contributed by atoms with Gasteiger partial charge in [-0.05, 0) is 50.5 Å². The Morgan fingerprint density at radius 2 is 2.17 bits per heavy atom. The van der Waals surface area contributed by atoms with Gasteiger partial charge >= 0.3 is 0 Å². The van der Waals surface area contributed by atoms with E-state index in [1.54, 1.807) is 0 Å². The molecule has 0 bridgehead atoms. The van der Waals surface area contributed by atoms with Gasteiger partial charge in [0.1, 0.15) is 0 Å². The number of hydrogen-bond donors (Lipinski definition) is 0. The molecule has 7 heteroatoms. The molecular weight excluding hydrogens is 414 g/mol. The van der Waals surface area contributed by atoms with Crippen LogP contribution in [-0.2, 0) is 11.2 Å². The van der Waals surface area contributed by atoms with E-state index >= 15 is 0 Å². The number of amides is 1. The number of benzene rings is 1. The van der Waals surface area contributed by atoms with Gasteiger partial charge in [-0.3, -0.25) is 4.79 Å². The van der Waals surface area contributed by atoms with E-state index in [1.807, 2.05) is 39.8 Å². The Morgan fingerprint density at radius 1 is 1.27 bits per heavy atom. The van der Waals surface area contributed by atoms with E-state index in [0.29, 0.717) is 30.0 Å². The first-order chi connectivity index (χ1) is 14.7. The lowest BCUT2D eigenvalue weighted by molar-refractivity contribution is -0.133. The summed E-state index contributed by atoms with van der Waals surface area (Å²) in [5, 5.41) is 4.99. The van der Waals surface area contributed by atoms with Crippen LogP contribution in [0.3, 0.4) is 0 Å². The van der Waals surface area contributed by atoms with Gasteiger partial charge in [0.25, 0.3) is 0 Å². The molecule has 0 radical (unpaired) electrons. The summed E-state index contributed by atoms with van der Waals surface area (Å²) in [4.78, 5) is 19.4. The van der Waals surface area contributed by atoms with Crippen molar-refractivity contribution in [1.82, 2.24) is 15.0 Å². The van der Waals surface area contributed by atoms with Gasteiger partial charge in [-0.25, -0.2) is 0 Å². The number of carbonyl (C=O) groups is 1. The average molecular weight is 446 g/mol. The number of likely N-dealkylation sites (tertiary alicyclic amines) is 1. The maximum absolute atomic E-state index is 12.7. The van der Waals surface area contributed by atoms with E-state index < -0.39 is 0 Å². The molecule has 0 unspecified atom stereocenters. The van der Waals surface area contributed by atoms with Crippen molar-refractivity contribution < 1.29 is 9.32 Å². The van der Waals surface area contributed by atoms with E-state index in [9.17, 15) is 4.79 Å². The quantitative estimate of drug-likeness (QED) is 0.393. The first-order valence-electron chi connectivity index (χ1n) is 11.1. The van der Waals surface area contributed by atoms with Gasteiger partial charge in [0.2, 0.25) is 17.6 Å². The van der Waals surface area contributed by atoms with Crippen molar-refractivity contribution in [2.45, 2.75) is 63.5 Å². The van der Waals surface area contributed by atoms with Crippen LogP contribution in [0.1, 0.15) is 56.4 Å². The lowest BCUT2D eigenvalue weighted by Crippen LogP contribution is -2.40. The third-order valence-electron chi connectivity index (χ3n) is 6.08. The number of nitrogens with zero attached hydrogens (tertiary/aromatic N) is 3. The summed E-state index contributed by atoms with van der Waals surface area (Å²) in [7, 11) is 4.03. The fraction of sp³-hybridized carbons (Fsp3) is 0.609. The molecule has 2 fully saturated rings. The van der Waals surface area contributed by atoms with Crippen LogP contribution in [0, 0.1) is 12.8 Å².